The third-order valence-corrected chi connectivity index (χ3v) is 5.22. The minimum Gasteiger partial charge on any atom is -0.304 e. The molecule has 1 N–H and O–H groups in total. The summed E-state index contributed by atoms with van der Waals surface area (Å²) in [4.78, 5) is 12.4. The van der Waals surface area contributed by atoms with Gasteiger partial charge in [0, 0.05) is 19.8 Å². The van der Waals surface area contributed by atoms with E-state index < -0.39 is 0 Å². The lowest BCUT2D eigenvalue weighted by molar-refractivity contribution is 0.102. The summed E-state index contributed by atoms with van der Waals surface area (Å²) in [6.45, 7) is 0.411. The largest absolute Gasteiger partial charge is 0.304 e. The lowest BCUT2D eigenvalue weighted by Crippen LogP contribution is -2.14. The number of rotatable bonds is 4. The van der Waals surface area contributed by atoms with Gasteiger partial charge in [-0.2, -0.15) is 5.10 Å². The summed E-state index contributed by atoms with van der Waals surface area (Å²) < 4.78 is 2.46. The Morgan fingerprint density at radius 2 is 1.88 bits per heavy atom. The molecule has 0 aliphatic rings. The molecule has 0 fully saturated rings. The molecular weight excluding hydrogens is 495 g/mol. The van der Waals surface area contributed by atoms with Crippen LogP contribution in [-0.4, -0.2) is 15.7 Å². The highest BCUT2D eigenvalue weighted by atomic mass is 127. The van der Waals surface area contributed by atoms with E-state index in [-0.39, 0.29) is 5.91 Å². The third-order valence-electron chi connectivity index (χ3n) is 3.41. The molecule has 2 aromatic carbocycles. The Kier molecular flexibility index (Phi) is 5.89. The second-order valence-corrected chi connectivity index (χ2v) is 7.61. The van der Waals surface area contributed by atoms with E-state index in [9.17, 15) is 4.79 Å². The second-order valence-electron chi connectivity index (χ2n) is 5.19. The second kappa shape index (κ2) is 7.95. The number of benzene rings is 2. The fraction of sp³-hybridized carbons (Fsp3) is 0.0588. The molecule has 0 radical (unpaired) electrons. The Morgan fingerprint density at radius 1 is 1.12 bits per heavy atom. The first-order valence-electron chi connectivity index (χ1n) is 7.17. The summed E-state index contributed by atoms with van der Waals surface area (Å²) >= 11 is 20.4. The average molecular weight is 507 g/mol. The minimum atomic E-state index is -0.262. The monoisotopic (exact) mass is 505 g/mol. The van der Waals surface area contributed by atoms with Crippen molar-refractivity contribution in [1.29, 1.82) is 0 Å². The summed E-state index contributed by atoms with van der Waals surface area (Å²) in [5.74, 6) is 0.0399. The highest BCUT2D eigenvalue weighted by Crippen LogP contribution is 2.25. The van der Waals surface area contributed by atoms with Crippen molar-refractivity contribution in [3.63, 3.8) is 0 Å². The van der Waals surface area contributed by atoms with Gasteiger partial charge < -0.3 is 5.32 Å². The zero-order chi connectivity index (χ0) is 18.0. The lowest BCUT2D eigenvalue weighted by Gasteiger charge is -2.06. The Labute approximate surface area is 173 Å². The van der Waals surface area contributed by atoms with Gasteiger partial charge in [-0.15, -0.1) is 0 Å². The van der Waals surface area contributed by atoms with E-state index in [4.69, 9.17) is 34.8 Å². The van der Waals surface area contributed by atoms with Crippen molar-refractivity contribution in [2.45, 2.75) is 6.54 Å². The molecule has 1 heterocycles. The topological polar surface area (TPSA) is 46.9 Å². The molecule has 0 saturated heterocycles. The maximum Gasteiger partial charge on any atom is 0.257 e. The molecule has 1 amide bonds. The first-order chi connectivity index (χ1) is 11.9. The van der Waals surface area contributed by atoms with Crippen LogP contribution in [0.2, 0.25) is 15.1 Å². The van der Waals surface area contributed by atoms with Gasteiger partial charge in [0.1, 0.15) is 5.02 Å². The van der Waals surface area contributed by atoms with E-state index in [0.29, 0.717) is 33.0 Å². The SMILES string of the molecule is O=C(Nc1nn(Cc2ccc(Cl)cc2Cl)cc1Cl)c1ccccc1I. The van der Waals surface area contributed by atoms with E-state index in [1.54, 1.807) is 35.1 Å². The smallest absolute Gasteiger partial charge is 0.257 e. The molecule has 25 heavy (non-hydrogen) atoms. The first kappa shape index (κ1) is 18.5. The molecule has 4 nitrogen and oxygen atoms in total. The standard InChI is InChI=1S/C17H11Cl3IN3O/c18-11-6-5-10(13(19)7-11)8-24-9-14(20)16(23-24)22-17(25)12-3-1-2-4-15(12)21/h1-7,9H,8H2,(H,22,23,25). The molecule has 1 aromatic heterocycles. The Hall–Kier alpha value is -1.28. The van der Waals surface area contributed by atoms with Crippen LogP contribution < -0.4 is 5.32 Å². The summed E-state index contributed by atoms with van der Waals surface area (Å²) in [5, 5.41) is 8.52. The molecule has 0 atom stereocenters. The van der Waals surface area contributed by atoms with Crippen molar-refractivity contribution in [2.75, 3.05) is 5.32 Å². The molecular formula is C17H11Cl3IN3O. The number of nitrogens with zero attached hydrogens (tertiary/aromatic N) is 2. The van der Waals surface area contributed by atoms with Crippen LogP contribution in [0.15, 0.2) is 48.7 Å². The predicted octanol–water partition coefficient (Wildman–Crippen LogP) is 5.75. The molecule has 8 heteroatoms. The molecule has 3 aromatic rings. The maximum absolute atomic E-state index is 12.4. The van der Waals surface area contributed by atoms with Gasteiger partial charge in [0.2, 0.25) is 0 Å². The molecule has 128 valence electrons. The van der Waals surface area contributed by atoms with Crippen molar-refractivity contribution in [3.8, 4) is 0 Å². The van der Waals surface area contributed by atoms with Gasteiger partial charge in [-0.3, -0.25) is 9.48 Å². The van der Waals surface area contributed by atoms with Gasteiger partial charge >= 0.3 is 0 Å². The number of hydrogen-bond donors (Lipinski definition) is 1. The normalized spacial score (nSPS) is 10.7. The average Bonchev–Trinajstić information content (AvgIpc) is 2.90. The van der Waals surface area contributed by atoms with Gasteiger partial charge in [-0.05, 0) is 52.4 Å². The number of anilines is 1. The van der Waals surface area contributed by atoms with Crippen LogP contribution in [0.5, 0.6) is 0 Å². The Balaban J connectivity index is 1.78. The van der Waals surface area contributed by atoms with Crippen LogP contribution in [-0.2, 0) is 6.54 Å². The van der Waals surface area contributed by atoms with Crippen molar-refractivity contribution in [2.24, 2.45) is 0 Å². The number of carbonyl (C=O) groups excluding carboxylic acids is 1. The number of nitrogens with one attached hydrogen (secondary N) is 1. The highest BCUT2D eigenvalue weighted by Gasteiger charge is 2.15. The van der Waals surface area contributed by atoms with Crippen molar-refractivity contribution in [1.82, 2.24) is 9.78 Å². The molecule has 0 spiro atoms. The maximum atomic E-state index is 12.4. The molecule has 0 unspecified atom stereocenters. The summed E-state index contributed by atoms with van der Waals surface area (Å²) in [6.07, 6.45) is 1.64. The van der Waals surface area contributed by atoms with Crippen molar-refractivity contribution >= 4 is 69.1 Å². The molecule has 0 aliphatic carbocycles. The van der Waals surface area contributed by atoms with Gasteiger partial charge in [0.05, 0.1) is 12.1 Å². The van der Waals surface area contributed by atoms with E-state index in [0.717, 1.165) is 9.13 Å². The van der Waals surface area contributed by atoms with Crippen molar-refractivity contribution in [3.05, 3.63) is 78.4 Å². The predicted molar refractivity (Wildman–Crippen MR) is 110 cm³/mol. The number of hydrogen-bond acceptors (Lipinski definition) is 2. The van der Waals surface area contributed by atoms with E-state index in [1.165, 1.54) is 0 Å². The van der Waals surface area contributed by atoms with Crippen LogP contribution in [0, 0.1) is 3.57 Å². The summed E-state index contributed by atoms with van der Waals surface area (Å²) in [7, 11) is 0. The number of amides is 1. The molecule has 0 saturated carbocycles. The third kappa shape index (κ3) is 4.47. The fourth-order valence-electron chi connectivity index (χ4n) is 2.21. The molecule has 0 aliphatic heterocycles. The van der Waals surface area contributed by atoms with E-state index >= 15 is 0 Å². The van der Waals surface area contributed by atoms with Crippen LogP contribution in [0.4, 0.5) is 5.82 Å². The Morgan fingerprint density at radius 3 is 2.60 bits per heavy atom. The van der Waals surface area contributed by atoms with E-state index in [1.807, 2.05) is 18.2 Å². The van der Waals surface area contributed by atoms with Gasteiger partial charge in [0.25, 0.3) is 5.91 Å². The fourth-order valence-corrected chi connectivity index (χ4v) is 3.51. The van der Waals surface area contributed by atoms with Crippen LogP contribution in [0.1, 0.15) is 15.9 Å². The Bertz CT molecular complexity index is 943. The van der Waals surface area contributed by atoms with Crippen molar-refractivity contribution < 1.29 is 4.79 Å². The van der Waals surface area contributed by atoms with Gasteiger partial charge in [0.15, 0.2) is 5.82 Å². The number of aromatic nitrogens is 2. The zero-order valence-electron chi connectivity index (χ0n) is 12.6. The molecule has 0 bridgehead atoms. The van der Waals surface area contributed by atoms with Gasteiger partial charge in [-0.25, -0.2) is 0 Å². The summed E-state index contributed by atoms with van der Waals surface area (Å²) in [5.41, 5.74) is 1.41. The van der Waals surface area contributed by atoms with Crippen LogP contribution >= 0.6 is 57.4 Å². The lowest BCUT2D eigenvalue weighted by atomic mass is 10.2. The quantitative estimate of drug-likeness (QED) is 0.458. The van der Waals surface area contributed by atoms with Crippen LogP contribution in [0.25, 0.3) is 0 Å². The van der Waals surface area contributed by atoms with Gasteiger partial charge in [-0.1, -0.05) is 53.0 Å². The van der Waals surface area contributed by atoms with Crippen LogP contribution in [0.3, 0.4) is 0 Å². The number of halogens is 4. The number of carbonyl (C=O) groups is 1. The minimum absolute atomic E-state index is 0.262. The zero-order valence-corrected chi connectivity index (χ0v) is 17.1. The summed E-state index contributed by atoms with van der Waals surface area (Å²) in [6, 6.07) is 12.5. The van der Waals surface area contributed by atoms with E-state index in [2.05, 4.69) is 33.0 Å². The highest BCUT2D eigenvalue weighted by molar-refractivity contribution is 14.1. The molecule has 3 rings (SSSR count). The first-order valence-corrected chi connectivity index (χ1v) is 9.38.